The monoisotopic (exact) mass is 292 g/mol. The number of amides is 2. The summed E-state index contributed by atoms with van der Waals surface area (Å²) in [7, 11) is 1.52. The van der Waals surface area contributed by atoms with Crippen LogP contribution in [0, 0.1) is 0 Å². The van der Waals surface area contributed by atoms with Crippen molar-refractivity contribution in [1.82, 2.24) is 9.80 Å². The van der Waals surface area contributed by atoms with Crippen molar-refractivity contribution in [2.24, 2.45) is 0 Å². The highest BCUT2D eigenvalue weighted by molar-refractivity contribution is 8.00. The molecule has 106 valence electrons. The first-order valence-corrected chi connectivity index (χ1v) is 7.65. The van der Waals surface area contributed by atoms with Crippen LogP contribution in [0.1, 0.15) is 10.4 Å². The first kappa shape index (κ1) is 13.5. The highest BCUT2D eigenvalue weighted by Crippen LogP contribution is 2.48. The van der Waals surface area contributed by atoms with E-state index in [1.54, 1.807) is 21.9 Å². The van der Waals surface area contributed by atoms with E-state index < -0.39 is 11.1 Å². The number of carbonyl (C=O) groups is 2. The number of β-lactam (4-membered cyclic amide) rings is 1. The molecule has 0 bridgehead atoms. The normalized spacial score (nSPS) is 28.3. The maximum atomic E-state index is 12.7. The van der Waals surface area contributed by atoms with Gasteiger partial charge in [-0.3, -0.25) is 9.59 Å². The Hall–Kier alpha value is -1.53. The Labute approximate surface area is 121 Å². The summed E-state index contributed by atoms with van der Waals surface area (Å²) in [4.78, 5) is 27.5. The Morgan fingerprint density at radius 3 is 2.65 bits per heavy atom. The van der Waals surface area contributed by atoms with Crippen LogP contribution in [0.2, 0.25) is 0 Å². The molecule has 0 N–H and O–H groups in total. The lowest BCUT2D eigenvalue weighted by atomic mass is 10.1. The van der Waals surface area contributed by atoms with Gasteiger partial charge in [0.2, 0.25) is 4.99 Å². The van der Waals surface area contributed by atoms with Gasteiger partial charge in [-0.1, -0.05) is 18.2 Å². The van der Waals surface area contributed by atoms with Crippen molar-refractivity contribution in [3.05, 3.63) is 35.9 Å². The molecule has 0 spiro atoms. The van der Waals surface area contributed by atoms with Crippen molar-refractivity contribution in [2.75, 3.05) is 26.5 Å². The summed E-state index contributed by atoms with van der Waals surface area (Å²) < 4.78 is 5.32. The Morgan fingerprint density at radius 2 is 2.05 bits per heavy atom. The molecular formula is C14H16N2O3S. The second kappa shape index (κ2) is 4.79. The SMILES string of the molecule is CO[C@H]1C(=O)N2CCN(C(=O)c3ccccc3)[C@]12SC. The molecule has 0 radical (unpaired) electrons. The number of hydrogen-bond donors (Lipinski definition) is 0. The van der Waals surface area contributed by atoms with Crippen molar-refractivity contribution in [3.63, 3.8) is 0 Å². The number of rotatable bonds is 3. The summed E-state index contributed by atoms with van der Waals surface area (Å²) in [6, 6.07) is 9.14. The maximum Gasteiger partial charge on any atom is 0.259 e. The standard InChI is InChI=1S/C14H16N2O3S/c1-19-11-13(18)16-9-8-15(14(11,16)20-2)12(17)10-6-4-3-5-7-10/h3-7,11H,8-9H2,1-2H3/t11-,14+/m0/s1. The fourth-order valence-electron chi connectivity index (χ4n) is 3.02. The fourth-order valence-corrected chi connectivity index (χ4v) is 4.23. The van der Waals surface area contributed by atoms with Gasteiger partial charge >= 0.3 is 0 Å². The largest absolute Gasteiger partial charge is 0.366 e. The van der Waals surface area contributed by atoms with Crippen LogP contribution in [-0.4, -0.2) is 59.2 Å². The third-order valence-electron chi connectivity index (χ3n) is 3.95. The molecule has 2 heterocycles. The second-order valence-electron chi connectivity index (χ2n) is 4.79. The number of carbonyl (C=O) groups excluding carboxylic acids is 2. The number of fused-ring (bicyclic) bond motifs is 1. The molecule has 0 saturated carbocycles. The van der Waals surface area contributed by atoms with Crippen LogP contribution < -0.4 is 0 Å². The minimum absolute atomic E-state index is 0.0368. The van der Waals surface area contributed by atoms with E-state index in [1.165, 1.54) is 18.9 Å². The van der Waals surface area contributed by atoms with E-state index in [0.717, 1.165) is 0 Å². The summed E-state index contributed by atoms with van der Waals surface area (Å²) in [5.41, 5.74) is 0.636. The van der Waals surface area contributed by atoms with E-state index in [4.69, 9.17) is 4.74 Å². The summed E-state index contributed by atoms with van der Waals surface area (Å²) in [5.74, 6) is -0.0952. The van der Waals surface area contributed by atoms with Crippen LogP contribution in [0.3, 0.4) is 0 Å². The quantitative estimate of drug-likeness (QED) is 0.780. The Balaban J connectivity index is 1.95. The average molecular weight is 292 g/mol. The predicted octanol–water partition coefficient (Wildman–Crippen LogP) is 1.02. The summed E-state index contributed by atoms with van der Waals surface area (Å²) in [5, 5.41) is 0. The minimum Gasteiger partial charge on any atom is -0.366 e. The zero-order valence-corrected chi connectivity index (χ0v) is 12.2. The van der Waals surface area contributed by atoms with Crippen molar-refractivity contribution in [2.45, 2.75) is 11.1 Å². The Kier molecular flexibility index (Phi) is 3.22. The molecule has 2 fully saturated rings. The molecule has 6 heteroatoms. The maximum absolute atomic E-state index is 12.7. The van der Waals surface area contributed by atoms with E-state index in [9.17, 15) is 9.59 Å². The first-order valence-electron chi connectivity index (χ1n) is 6.43. The number of nitrogens with zero attached hydrogens (tertiary/aromatic N) is 2. The van der Waals surface area contributed by atoms with E-state index >= 15 is 0 Å². The zero-order chi connectivity index (χ0) is 14.3. The fraction of sp³-hybridized carbons (Fsp3) is 0.429. The van der Waals surface area contributed by atoms with Crippen molar-refractivity contribution in [3.8, 4) is 0 Å². The molecule has 1 aromatic rings. The molecule has 2 amide bonds. The summed E-state index contributed by atoms with van der Waals surface area (Å²) in [6.07, 6.45) is 1.33. The molecule has 0 aliphatic carbocycles. The zero-order valence-electron chi connectivity index (χ0n) is 11.4. The molecule has 2 aliphatic rings. The van der Waals surface area contributed by atoms with Crippen molar-refractivity contribution in [1.29, 1.82) is 0 Å². The summed E-state index contributed by atoms with van der Waals surface area (Å²) in [6.45, 7) is 1.11. The third kappa shape index (κ3) is 1.55. The van der Waals surface area contributed by atoms with Crippen molar-refractivity contribution < 1.29 is 14.3 Å². The van der Waals surface area contributed by atoms with Crippen LogP contribution in [0.15, 0.2) is 30.3 Å². The predicted molar refractivity (Wildman–Crippen MR) is 76.2 cm³/mol. The molecule has 5 nitrogen and oxygen atoms in total. The molecule has 0 aromatic heterocycles. The van der Waals surface area contributed by atoms with E-state index in [0.29, 0.717) is 18.7 Å². The summed E-state index contributed by atoms with van der Waals surface area (Å²) >= 11 is 1.48. The van der Waals surface area contributed by atoms with E-state index in [1.807, 2.05) is 24.5 Å². The minimum atomic E-state index is -0.682. The van der Waals surface area contributed by atoms with Gasteiger partial charge in [0.1, 0.15) is 0 Å². The van der Waals surface area contributed by atoms with E-state index in [-0.39, 0.29) is 11.8 Å². The lowest BCUT2D eigenvalue weighted by molar-refractivity contribution is -0.179. The Morgan fingerprint density at radius 1 is 1.35 bits per heavy atom. The van der Waals surface area contributed by atoms with Gasteiger partial charge in [0, 0.05) is 25.8 Å². The van der Waals surface area contributed by atoms with E-state index in [2.05, 4.69) is 0 Å². The third-order valence-corrected chi connectivity index (χ3v) is 5.21. The number of methoxy groups -OCH3 is 1. The molecule has 2 atom stereocenters. The number of benzene rings is 1. The van der Waals surface area contributed by atoms with Gasteiger partial charge in [0.15, 0.2) is 6.10 Å². The van der Waals surface area contributed by atoms with Crippen LogP contribution in [0.5, 0.6) is 0 Å². The lowest BCUT2D eigenvalue weighted by Gasteiger charge is -2.54. The molecule has 3 rings (SSSR count). The van der Waals surface area contributed by atoms with Crippen molar-refractivity contribution >= 4 is 23.6 Å². The highest BCUT2D eigenvalue weighted by Gasteiger charge is 2.68. The average Bonchev–Trinajstić information content (AvgIpc) is 2.83. The molecule has 2 aliphatic heterocycles. The van der Waals surface area contributed by atoms with Crippen LogP contribution in [0.25, 0.3) is 0 Å². The first-order chi connectivity index (χ1) is 9.66. The Bertz CT molecular complexity index is 551. The van der Waals surface area contributed by atoms with Gasteiger partial charge in [0.25, 0.3) is 11.8 Å². The van der Waals surface area contributed by atoms with Crippen LogP contribution in [0.4, 0.5) is 0 Å². The van der Waals surface area contributed by atoms with Gasteiger partial charge in [-0.05, 0) is 18.4 Å². The number of ether oxygens (including phenoxy) is 1. The number of hydrogen-bond acceptors (Lipinski definition) is 4. The van der Waals surface area contributed by atoms with Crippen LogP contribution >= 0.6 is 11.8 Å². The van der Waals surface area contributed by atoms with Gasteiger partial charge < -0.3 is 14.5 Å². The van der Waals surface area contributed by atoms with Gasteiger partial charge in [-0.2, -0.15) is 0 Å². The smallest absolute Gasteiger partial charge is 0.259 e. The highest BCUT2D eigenvalue weighted by atomic mass is 32.2. The molecule has 0 unspecified atom stereocenters. The second-order valence-corrected chi connectivity index (χ2v) is 5.80. The molecule has 2 saturated heterocycles. The van der Waals surface area contributed by atoms with Gasteiger partial charge in [-0.15, -0.1) is 11.8 Å². The topological polar surface area (TPSA) is 49.9 Å². The number of thioether (sulfide) groups is 1. The molecular weight excluding hydrogens is 276 g/mol. The molecule has 20 heavy (non-hydrogen) atoms. The van der Waals surface area contributed by atoms with Gasteiger partial charge in [0.05, 0.1) is 0 Å². The van der Waals surface area contributed by atoms with Gasteiger partial charge in [-0.25, -0.2) is 0 Å². The molecule has 1 aromatic carbocycles. The lowest BCUT2D eigenvalue weighted by Crippen LogP contribution is -2.75. The van der Waals surface area contributed by atoms with Crippen LogP contribution in [-0.2, 0) is 9.53 Å².